The topological polar surface area (TPSA) is 59.0 Å². The zero-order chi connectivity index (χ0) is 17.2. The number of hydrogen-bond acceptors (Lipinski definition) is 5. The maximum absolute atomic E-state index is 11.0. The van der Waals surface area contributed by atoms with E-state index in [4.69, 9.17) is 11.6 Å². The average Bonchev–Trinajstić information content (AvgIpc) is 2.79. The van der Waals surface area contributed by atoms with Gasteiger partial charge in [-0.3, -0.25) is 13.4 Å². The molecule has 0 aliphatic carbocycles. The van der Waals surface area contributed by atoms with Gasteiger partial charge in [0.2, 0.25) is 0 Å². The lowest BCUT2D eigenvalue weighted by atomic mass is 10.2. The quantitative estimate of drug-likeness (QED) is 0.635. The molecule has 3 N–H and O–H groups in total. The van der Waals surface area contributed by atoms with Crippen LogP contribution in [0.1, 0.15) is 12.8 Å². The summed E-state index contributed by atoms with van der Waals surface area (Å²) in [6.45, 7) is 1.50. The number of nitrogens with one attached hydrogen (secondary N) is 1. The van der Waals surface area contributed by atoms with Crippen LogP contribution in [0.4, 0.5) is 17.1 Å². The van der Waals surface area contributed by atoms with Crippen molar-refractivity contribution >= 4 is 39.6 Å². The second-order valence-electron chi connectivity index (χ2n) is 5.66. The molecule has 0 fully saturated rings. The normalized spacial score (nSPS) is 17.0. The zero-order valence-corrected chi connectivity index (χ0v) is 15.1. The van der Waals surface area contributed by atoms with E-state index in [-0.39, 0.29) is 0 Å². The van der Waals surface area contributed by atoms with Crippen LogP contribution in [-0.2, 0) is 0 Å². The van der Waals surface area contributed by atoms with Crippen LogP contribution in [-0.4, -0.2) is 29.2 Å². The van der Waals surface area contributed by atoms with Crippen molar-refractivity contribution in [3.63, 3.8) is 0 Å². The Balaban J connectivity index is 1.94. The number of fused-ring (bicyclic) bond motifs is 1. The molecular weight excluding hydrogens is 346 g/mol. The number of halogens is 1. The van der Waals surface area contributed by atoms with Gasteiger partial charge in [0.15, 0.2) is 0 Å². The number of unbranched alkanes of at least 4 members (excludes halogenated alkanes) is 1. The Hall–Kier alpha value is -1.44. The van der Waals surface area contributed by atoms with Gasteiger partial charge in [-0.15, -0.1) is 0 Å². The van der Waals surface area contributed by atoms with E-state index in [9.17, 15) is 9.11 Å². The number of benzene rings is 2. The highest BCUT2D eigenvalue weighted by atomic mass is 35.5. The molecule has 0 saturated carbocycles. The summed E-state index contributed by atoms with van der Waals surface area (Å²) < 4.78 is 25.2. The van der Waals surface area contributed by atoms with Gasteiger partial charge in [0.25, 0.3) is 0 Å². The first kappa shape index (κ1) is 17.4. The van der Waals surface area contributed by atoms with Crippen molar-refractivity contribution in [1.29, 1.82) is 0 Å². The van der Waals surface area contributed by atoms with E-state index >= 15 is 0 Å². The Morgan fingerprint density at radius 1 is 1.00 bits per heavy atom. The lowest BCUT2D eigenvalue weighted by molar-refractivity contribution is 0.483. The van der Waals surface area contributed by atoms with Gasteiger partial charge in [0.05, 0.1) is 17.1 Å². The highest BCUT2D eigenvalue weighted by Gasteiger charge is 2.41. The standard InChI is InChI=1S/C17H22ClN3O2S/c1-19-12-4-5-13-20-16-6-2-3-7-17(16)21(24(20,22)23)15-10-8-14(18)9-11-15/h2-3,6-11,19,22-23H,4-5,12-13H2,1H3. The third kappa shape index (κ3) is 3.20. The van der Waals surface area contributed by atoms with E-state index < -0.39 is 11.0 Å². The average molecular weight is 368 g/mol. The summed E-state index contributed by atoms with van der Waals surface area (Å²) in [5, 5.41) is 3.73. The maximum atomic E-state index is 11.0. The van der Waals surface area contributed by atoms with Crippen LogP contribution in [0.25, 0.3) is 0 Å². The summed E-state index contributed by atoms with van der Waals surface area (Å²) in [5.41, 5.74) is 2.36. The van der Waals surface area contributed by atoms with Crippen molar-refractivity contribution in [2.75, 3.05) is 28.7 Å². The fourth-order valence-corrected chi connectivity index (χ4v) is 4.80. The van der Waals surface area contributed by atoms with Gasteiger partial charge in [-0.25, -0.2) is 4.31 Å². The Morgan fingerprint density at radius 3 is 2.33 bits per heavy atom. The van der Waals surface area contributed by atoms with Gasteiger partial charge in [0.1, 0.15) is 0 Å². The smallest absolute Gasteiger partial charge is 0.0896 e. The molecular formula is C17H22ClN3O2S. The predicted molar refractivity (Wildman–Crippen MR) is 103 cm³/mol. The Kier molecular flexibility index (Phi) is 5.22. The third-order valence-electron chi connectivity index (χ3n) is 4.01. The highest BCUT2D eigenvalue weighted by Crippen LogP contribution is 2.64. The van der Waals surface area contributed by atoms with Crippen molar-refractivity contribution in [3.05, 3.63) is 53.6 Å². The Labute approximate surface area is 149 Å². The molecule has 0 unspecified atom stereocenters. The van der Waals surface area contributed by atoms with Crippen molar-refractivity contribution in [2.45, 2.75) is 12.8 Å². The van der Waals surface area contributed by atoms with E-state index in [0.29, 0.717) is 17.3 Å². The molecule has 2 aromatic carbocycles. The first-order valence-electron chi connectivity index (χ1n) is 7.91. The van der Waals surface area contributed by atoms with E-state index in [2.05, 4.69) is 5.32 Å². The number of hydrogen-bond donors (Lipinski definition) is 3. The fraction of sp³-hybridized carbons (Fsp3) is 0.294. The number of anilines is 3. The van der Waals surface area contributed by atoms with Gasteiger partial charge in [-0.2, -0.15) is 0 Å². The Morgan fingerprint density at radius 2 is 1.67 bits per heavy atom. The highest BCUT2D eigenvalue weighted by molar-refractivity contribution is 8.27. The van der Waals surface area contributed by atoms with Gasteiger partial charge >= 0.3 is 0 Å². The minimum atomic E-state index is -3.14. The monoisotopic (exact) mass is 367 g/mol. The molecule has 0 amide bonds. The summed E-state index contributed by atoms with van der Waals surface area (Å²) in [4.78, 5) is 0. The minimum absolute atomic E-state index is 0.588. The molecule has 0 radical (unpaired) electrons. The molecule has 1 aliphatic heterocycles. The summed E-state index contributed by atoms with van der Waals surface area (Å²) in [5.74, 6) is 0. The summed E-state index contributed by atoms with van der Waals surface area (Å²) in [7, 11) is -1.22. The van der Waals surface area contributed by atoms with Crippen LogP contribution in [0.5, 0.6) is 0 Å². The van der Waals surface area contributed by atoms with Crippen molar-refractivity contribution < 1.29 is 9.11 Å². The molecule has 1 heterocycles. The van der Waals surface area contributed by atoms with Gasteiger partial charge < -0.3 is 5.32 Å². The van der Waals surface area contributed by atoms with Gasteiger partial charge in [-0.05, 0) is 73.8 Å². The van der Waals surface area contributed by atoms with E-state index in [1.54, 1.807) is 32.9 Å². The number of nitrogens with zero attached hydrogens (tertiary/aromatic N) is 2. The van der Waals surface area contributed by atoms with Crippen LogP contribution in [0, 0.1) is 0 Å². The van der Waals surface area contributed by atoms with Gasteiger partial charge in [0, 0.05) is 11.6 Å². The SMILES string of the molecule is CNCCCCN1c2ccccc2N(c2ccc(Cl)cc2)S1(O)O. The van der Waals surface area contributed by atoms with E-state index in [1.165, 1.54) is 0 Å². The molecule has 0 bridgehead atoms. The van der Waals surface area contributed by atoms with Crippen LogP contribution >= 0.6 is 22.6 Å². The molecule has 2 aromatic rings. The van der Waals surface area contributed by atoms with E-state index in [0.717, 1.165) is 30.8 Å². The summed E-state index contributed by atoms with van der Waals surface area (Å²) in [6, 6.07) is 14.8. The molecule has 0 saturated heterocycles. The van der Waals surface area contributed by atoms with E-state index in [1.807, 2.05) is 31.3 Å². The zero-order valence-electron chi connectivity index (χ0n) is 13.5. The van der Waals surface area contributed by atoms with Crippen LogP contribution in [0.15, 0.2) is 48.5 Å². The molecule has 130 valence electrons. The lowest BCUT2D eigenvalue weighted by Crippen LogP contribution is -2.32. The second-order valence-corrected chi connectivity index (χ2v) is 7.88. The predicted octanol–water partition coefficient (Wildman–Crippen LogP) is 4.88. The first-order chi connectivity index (χ1) is 11.6. The van der Waals surface area contributed by atoms with Crippen LogP contribution < -0.4 is 13.9 Å². The van der Waals surface area contributed by atoms with Crippen molar-refractivity contribution in [2.24, 2.45) is 0 Å². The molecule has 24 heavy (non-hydrogen) atoms. The number of para-hydroxylation sites is 2. The molecule has 0 aromatic heterocycles. The molecule has 5 nitrogen and oxygen atoms in total. The minimum Gasteiger partial charge on any atom is -0.320 e. The molecule has 0 spiro atoms. The van der Waals surface area contributed by atoms with Crippen molar-refractivity contribution in [3.8, 4) is 0 Å². The maximum Gasteiger partial charge on any atom is 0.0896 e. The number of rotatable bonds is 6. The molecule has 1 aliphatic rings. The summed E-state index contributed by atoms with van der Waals surface area (Å²) >= 11 is 5.96. The third-order valence-corrected chi connectivity index (χ3v) is 6.13. The van der Waals surface area contributed by atoms with Gasteiger partial charge in [-0.1, -0.05) is 23.7 Å². The Bertz CT molecular complexity index is 696. The summed E-state index contributed by atoms with van der Waals surface area (Å²) in [6.07, 6.45) is 1.85. The van der Waals surface area contributed by atoms with Crippen LogP contribution in [0.3, 0.4) is 0 Å². The largest absolute Gasteiger partial charge is 0.320 e. The van der Waals surface area contributed by atoms with Crippen LogP contribution in [0.2, 0.25) is 5.02 Å². The fourth-order valence-electron chi connectivity index (χ4n) is 2.87. The molecule has 7 heteroatoms. The first-order valence-corrected chi connectivity index (χ1v) is 9.75. The lowest BCUT2D eigenvalue weighted by Gasteiger charge is -2.43. The molecule has 0 atom stereocenters. The second kappa shape index (κ2) is 7.21. The molecule has 3 rings (SSSR count). The van der Waals surface area contributed by atoms with Crippen molar-refractivity contribution in [1.82, 2.24) is 5.32 Å².